The summed E-state index contributed by atoms with van der Waals surface area (Å²) in [4.78, 5) is 28.1. The van der Waals surface area contributed by atoms with Crippen LogP contribution in [0.25, 0.3) is 0 Å². The van der Waals surface area contributed by atoms with E-state index >= 15 is 0 Å². The number of rotatable bonds is 6. The van der Waals surface area contributed by atoms with Crippen molar-refractivity contribution in [3.8, 4) is 0 Å². The quantitative estimate of drug-likeness (QED) is 0.758. The summed E-state index contributed by atoms with van der Waals surface area (Å²) in [5.74, 6) is -0.910. The third-order valence-electron chi connectivity index (χ3n) is 4.74. The average molecular weight is 423 g/mol. The molecule has 156 valence electrons. The van der Waals surface area contributed by atoms with E-state index in [0.29, 0.717) is 26.2 Å². The molecule has 1 aromatic heterocycles. The first-order valence-electron chi connectivity index (χ1n) is 9.21. The summed E-state index contributed by atoms with van der Waals surface area (Å²) in [5, 5.41) is 0. The predicted octanol–water partition coefficient (Wildman–Crippen LogP) is 1.46. The lowest BCUT2D eigenvalue weighted by atomic mass is 10.2. The van der Waals surface area contributed by atoms with Crippen LogP contribution in [0.1, 0.15) is 23.9 Å². The van der Waals surface area contributed by atoms with Crippen LogP contribution in [-0.4, -0.2) is 62.3 Å². The van der Waals surface area contributed by atoms with Gasteiger partial charge in [0.1, 0.15) is 11.9 Å². The van der Waals surface area contributed by atoms with Gasteiger partial charge in [0.05, 0.1) is 11.2 Å². The fraction of sp³-hybridized carbons (Fsp3) is 0.368. The van der Waals surface area contributed by atoms with E-state index in [0.717, 1.165) is 24.3 Å². The van der Waals surface area contributed by atoms with Crippen LogP contribution in [0.5, 0.6) is 0 Å². The molecule has 1 atom stereocenters. The van der Waals surface area contributed by atoms with Crippen LogP contribution in [0.3, 0.4) is 0 Å². The van der Waals surface area contributed by atoms with Crippen molar-refractivity contribution in [2.45, 2.75) is 24.3 Å². The molecule has 2 aromatic rings. The van der Waals surface area contributed by atoms with Crippen molar-refractivity contribution in [3.63, 3.8) is 0 Å². The maximum absolute atomic E-state index is 13.0. The molecule has 0 saturated carbocycles. The number of carbonyl (C=O) groups is 2. The minimum atomic E-state index is -3.97. The number of hydrogen-bond acceptors (Lipinski definition) is 5. The summed E-state index contributed by atoms with van der Waals surface area (Å²) in [7, 11) is -3.97. The van der Waals surface area contributed by atoms with Crippen molar-refractivity contribution in [2.24, 2.45) is 0 Å². The van der Waals surface area contributed by atoms with Gasteiger partial charge in [-0.1, -0.05) is 6.92 Å². The monoisotopic (exact) mass is 423 g/mol. The lowest BCUT2D eigenvalue weighted by Crippen LogP contribution is -2.55. The summed E-state index contributed by atoms with van der Waals surface area (Å²) in [6.45, 7) is 2.94. The number of halogens is 1. The fourth-order valence-electron chi connectivity index (χ4n) is 3.08. The van der Waals surface area contributed by atoms with Crippen LogP contribution >= 0.6 is 0 Å². The predicted molar refractivity (Wildman–Crippen MR) is 102 cm³/mol. The fourth-order valence-corrected chi connectivity index (χ4v) is 4.36. The molecule has 1 fully saturated rings. The molecule has 1 N–H and O–H groups in total. The minimum absolute atomic E-state index is 0.112. The zero-order chi connectivity index (χ0) is 21.0. The maximum atomic E-state index is 13.0. The summed E-state index contributed by atoms with van der Waals surface area (Å²) in [6.07, 6.45) is 1.68. The Morgan fingerprint density at radius 3 is 2.28 bits per heavy atom. The van der Waals surface area contributed by atoms with Crippen LogP contribution in [0, 0.1) is 5.82 Å². The van der Waals surface area contributed by atoms with Gasteiger partial charge in [-0.05, 0) is 42.8 Å². The Labute approximate surface area is 168 Å². The van der Waals surface area contributed by atoms with Crippen molar-refractivity contribution in [1.29, 1.82) is 0 Å². The molecular weight excluding hydrogens is 401 g/mol. The second-order valence-corrected chi connectivity index (χ2v) is 8.34. The first-order chi connectivity index (χ1) is 13.8. The van der Waals surface area contributed by atoms with Gasteiger partial charge in [0.25, 0.3) is 5.91 Å². The van der Waals surface area contributed by atoms with Crippen molar-refractivity contribution >= 4 is 21.8 Å². The lowest BCUT2D eigenvalue weighted by molar-refractivity contribution is -0.134. The molecule has 0 radical (unpaired) electrons. The highest BCUT2D eigenvalue weighted by Gasteiger charge is 2.31. The number of nitrogens with one attached hydrogen (secondary N) is 1. The van der Waals surface area contributed by atoms with Crippen LogP contribution in [-0.2, 0) is 14.8 Å². The van der Waals surface area contributed by atoms with E-state index in [2.05, 4.69) is 4.72 Å². The van der Waals surface area contributed by atoms with Gasteiger partial charge >= 0.3 is 0 Å². The van der Waals surface area contributed by atoms with E-state index in [4.69, 9.17) is 4.42 Å². The molecule has 1 saturated heterocycles. The van der Waals surface area contributed by atoms with Crippen molar-refractivity contribution in [3.05, 3.63) is 54.2 Å². The highest BCUT2D eigenvalue weighted by atomic mass is 32.2. The molecule has 0 bridgehead atoms. The Morgan fingerprint density at radius 1 is 1.10 bits per heavy atom. The molecule has 1 aromatic carbocycles. The van der Waals surface area contributed by atoms with Gasteiger partial charge in [-0.15, -0.1) is 0 Å². The van der Waals surface area contributed by atoms with Gasteiger partial charge in [-0.3, -0.25) is 9.59 Å². The van der Waals surface area contributed by atoms with E-state index in [1.807, 2.05) is 0 Å². The van der Waals surface area contributed by atoms with Gasteiger partial charge in [0.15, 0.2) is 5.76 Å². The molecular formula is C19H22FN3O5S. The van der Waals surface area contributed by atoms with E-state index in [-0.39, 0.29) is 28.9 Å². The number of carbonyl (C=O) groups excluding carboxylic acids is 2. The van der Waals surface area contributed by atoms with Gasteiger partial charge in [-0.25, -0.2) is 12.8 Å². The maximum Gasteiger partial charge on any atom is 0.289 e. The Morgan fingerprint density at radius 2 is 1.72 bits per heavy atom. The Kier molecular flexibility index (Phi) is 6.33. The highest BCUT2D eigenvalue weighted by Crippen LogP contribution is 2.14. The number of hydrogen-bond donors (Lipinski definition) is 1. The summed E-state index contributed by atoms with van der Waals surface area (Å²) in [6, 6.07) is 6.65. The van der Waals surface area contributed by atoms with Gasteiger partial charge < -0.3 is 14.2 Å². The number of amides is 2. The van der Waals surface area contributed by atoms with Gasteiger partial charge in [0, 0.05) is 26.2 Å². The molecule has 0 aliphatic carbocycles. The average Bonchev–Trinajstić information content (AvgIpc) is 3.26. The Bertz CT molecular complexity index is 952. The molecule has 29 heavy (non-hydrogen) atoms. The van der Waals surface area contributed by atoms with Crippen LogP contribution in [0.4, 0.5) is 4.39 Å². The SMILES string of the molecule is CCC(NS(=O)(=O)c1ccc(F)cc1)C(=O)N1CCN(C(=O)c2ccco2)CC1. The smallest absolute Gasteiger partial charge is 0.289 e. The molecule has 10 heteroatoms. The molecule has 1 aliphatic heterocycles. The molecule has 0 spiro atoms. The van der Waals surface area contributed by atoms with E-state index in [1.165, 1.54) is 11.2 Å². The molecule has 2 amide bonds. The first kappa shape index (κ1) is 21.0. The second kappa shape index (κ2) is 8.75. The summed E-state index contributed by atoms with van der Waals surface area (Å²) >= 11 is 0. The Balaban J connectivity index is 1.61. The second-order valence-electron chi connectivity index (χ2n) is 6.63. The highest BCUT2D eigenvalue weighted by molar-refractivity contribution is 7.89. The molecule has 2 heterocycles. The lowest BCUT2D eigenvalue weighted by Gasteiger charge is -2.36. The standard InChI is InChI=1S/C19H22FN3O5S/c1-2-16(21-29(26,27)15-7-5-14(20)6-8-15)18(24)22-9-11-23(12-10-22)19(25)17-4-3-13-28-17/h3-8,13,16,21H,2,9-12H2,1H3. The minimum Gasteiger partial charge on any atom is -0.459 e. The molecule has 8 nitrogen and oxygen atoms in total. The largest absolute Gasteiger partial charge is 0.459 e. The van der Waals surface area contributed by atoms with E-state index < -0.39 is 21.9 Å². The van der Waals surface area contributed by atoms with Crippen LogP contribution < -0.4 is 4.72 Å². The third kappa shape index (κ3) is 4.83. The normalized spacial score (nSPS) is 15.9. The van der Waals surface area contributed by atoms with E-state index in [9.17, 15) is 22.4 Å². The molecule has 1 unspecified atom stereocenters. The van der Waals surface area contributed by atoms with Crippen LogP contribution in [0.2, 0.25) is 0 Å². The van der Waals surface area contributed by atoms with E-state index in [1.54, 1.807) is 24.0 Å². The van der Waals surface area contributed by atoms with Crippen molar-refractivity contribution in [1.82, 2.24) is 14.5 Å². The number of nitrogens with zero attached hydrogens (tertiary/aromatic N) is 2. The van der Waals surface area contributed by atoms with Crippen molar-refractivity contribution in [2.75, 3.05) is 26.2 Å². The molecule has 1 aliphatic rings. The van der Waals surface area contributed by atoms with Crippen LogP contribution in [0.15, 0.2) is 52.0 Å². The third-order valence-corrected chi connectivity index (χ3v) is 6.23. The van der Waals surface area contributed by atoms with Gasteiger partial charge in [-0.2, -0.15) is 4.72 Å². The van der Waals surface area contributed by atoms with Gasteiger partial charge in [0.2, 0.25) is 15.9 Å². The van der Waals surface area contributed by atoms with Crippen molar-refractivity contribution < 1.29 is 26.8 Å². The molecule has 3 rings (SSSR count). The number of piperazine rings is 1. The summed E-state index contributed by atoms with van der Waals surface area (Å²) < 4.78 is 45.6. The zero-order valence-electron chi connectivity index (χ0n) is 15.9. The first-order valence-corrected chi connectivity index (χ1v) is 10.7. The Hall–Kier alpha value is -2.72. The topological polar surface area (TPSA) is 99.9 Å². The number of sulfonamides is 1. The number of furan rings is 1. The zero-order valence-corrected chi connectivity index (χ0v) is 16.7. The summed E-state index contributed by atoms with van der Waals surface area (Å²) in [5.41, 5.74) is 0. The number of benzene rings is 1.